The average molecular weight is 362 g/mol. The van der Waals surface area contributed by atoms with Gasteiger partial charge in [-0.15, -0.1) is 0 Å². The van der Waals surface area contributed by atoms with Crippen molar-refractivity contribution in [2.24, 2.45) is 17.8 Å². The van der Waals surface area contributed by atoms with E-state index in [4.69, 9.17) is 18.9 Å². The van der Waals surface area contributed by atoms with Crippen LogP contribution in [-0.4, -0.2) is 51.7 Å². The third-order valence-corrected chi connectivity index (χ3v) is 5.04. The molecule has 0 N–H and O–H groups in total. The van der Waals surface area contributed by atoms with Crippen LogP contribution >= 0.6 is 12.0 Å². The minimum absolute atomic E-state index is 0. The first kappa shape index (κ1) is 24.1. The number of hydrogen-bond donors (Lipinski definition) is 0. The largest absolute Gasteiger partial charge is 1.00 e. The summed E-state index contributed by atoms with van der Waals surface area (Å²) < 4.78 is 26.6. The minimum atomic E-state index is -0.320. The van der Waals surface area contributed by atoms with E-state index in [9.17, 15) is 5.26 Å². The Morgan fingerprint density at radius 1 is 1.09 bits per heavy atom. The standard InChI is InChI=1S/C14H28O7S.Na/c1-9-10(2)13(8-22-21-20-15)19-14(11(9)3)18-7-12(17-5)6-16-4;/h9-15H,6-8H2,1-5H3;/q;+1/p-1. The molecule has 6 atom stereocenters. The van der Waals surface area contributed by atoms with Gasteiger partial charge >= 0.3 is 29.6 Å². The number of methoxy groups -OCH3 is 2. The fourth-order valence-corrected chi connectivity index (χ4v) is 3.17. The van der Waals surface area contributed by atoms with Gasteiger partial charge in [0.05, 0.1) is 19.3 Å². The van der Waals surface area contributed by atoms with Crippen molar-refractivity contribution >= 4 is 12.0 Å². The normalized spacial score (nSPS) is 32.3. The first-order valence-electron chi connectivity index (χ1n) is 7.42. The summed E-state index contributed by atoms with van der Waals surface area (Å²) in [5.41, 5.74) is 0. The smallest absolute Gasteiger partial charge is 0.691 e. The topological polar surface area (TPSA) is 78.4 Å². The molecule has 0 saturated carbocycles. The Morgan fingerprint density at radius 3 is 2.35 bits per heavy atom. The van der Waals surface area contributed by atoms with E-state index in [1.165, 1.54) is 0 Å². The van der Waals surface area contributed by atoms with Crippen LogP contribution < -0.4 is 34.8 Å². The SMILES string of the molecule is COCC(COC1OC(CSOO[O-])C(C)C(C)C1C)OC.[Na+]. The minimum Gasteiger partial charge on any atom is -0.691 e. The zero-order chi connectivity index (χ0) is 16.5. The van der Waals surface area contributed by atoms with Crippen LogP contribution in [0.4, 0.5) is 0 Å². The molecule has 7 nitrogen and oxygen atoms in total. The quantitative estimate of drug-likeness (QED) is 0.148. The zero-order valence-corrected chi connectivity index (χ0v) is 17.7. The molecule has 1 fully saturated rings. The molecular formula is C14H27NaO7S. The van der Waals surface area contributed by atoms with Crippen LogP contribution in [0.1, 0.15) is 20.8 Å². The van der Waals surface area contributed by atoms with Crippen LogP contribution in [0.5, 0.6) is 0 Å². The van der Waals surface area contributed by atoms with Gasteiger partial charge in [0.25, 0.3) is 0 Å². The van der Waals surface area contributed by atoms with E-state index in [1.807, 2.05) is 0 Å². The molecule has 132 valence electrons. The zero-order valence-electron chi connectivity index (χ0n) is 14.9. The molecule has 1 aliphatic heterocycles. The summed E-state index contributed by atoms with van der Waals surface area (Å²) in [4.78, 5) is 0. The van der Waals surface area contributed by atoms with E-state index >= 15 is 0 Å². The van der Waals surface area contributed by atoms with E-state index in [0.717, 1.165) is 12.0 Å². The van der Waals surface area contributed by atoms with Crippen molar-refractivity contribution in [2.45, 2.75) is 39.3 Å². The summed E-state index contributed by atoms with van der Waals surface area (Å²) in [6.45, 7) is 7.30. The number of hydrogen-bond acceptors (Lipinski definition) is 8. The molecule has 0 radical (unpaired) electrons. The predicted molar refractivity (Wildman–Crippen MR) is 79.4 cm³/mol. The van der Waals surface area contributed by atoms with E-state index in [1.54, 1.807) is 14.2 Å². The Balaban J connectivity index is 0.00000484. The molecule has 0 amide bonds. The van der Waals surface area contributed by atoms with Crippen molar-refractivity contribution in [3.63, 3.8) is 0 Å². The Hall–Kier alpha value is 1.07. The van der Waals surface area contributed by atoms with Gasteiger partial charge in [-0.25, -0.2) is 0 Å². The molecule has 0 spiro atoms. The third-order valence-electron chi connectivity index (χ3n) is 4.42. The van der Waals surface area contributed by atoms with Crippen LogP contribution in [0.2, 0.25) is 0 Å². The molecule has 1 aliphatic rings. The predicted octanol–water partition coefficient (Wildman–Crippen LogP) is -1.83. The molecule has 0 bridgehead atoms. The van der Waals surface area contributed by atoms with E-state index in [2.05, 4.69) is 30.1 Å². The van der Waals surface area contributed by atoms with Gasteiger partial charge in [-0.05, 0) is 11.8 Å². The van der Waals surface area contributed by atoms with Gasteiger partial charge in [-0.1, -0.05) is 20.8 Å². The molecule has 9 heteroatoms. The molecule has 1 saturated heterocycles. The summed E-state index contributed by atoms with van der Waals surface area (Å²) in [7, 11) is 3.25. The summed E-state index contributed by atoms with van der Waals surface area (Å²) in [5.74, 6) is 1.51. The Morgan fingerprint density at radius 2 is 1.78 bits per heavy atom. The van der Waals surface area contributed by atoms with Crippen molar-refractivity contribution in [3.8, 4) is 0 Å². The fraction of sp³-hybridized carbons (Fsp3) is 1.00. The van der Waals surface area contributed by atoms with Crippen LogP contribution in [0, 0.1) is 17.8 Å². The maximum atomic E-state index is 9.87. The first-order valence-corrected chi connectivity index (χ1v) is 8.33. The molecule has 6 unspecified atom stereocenters. The van der Waals surface area contributed by atoms with Gasteiger partial charge in [0.15, 0.2) is 6.29 Å². The summed E-state index contributed by atoms with van der Waals surface area (Å²) >= 11 is 0.946. The van der Waals surface area contributed by atoms with Gasteiger partial charge in [0, 0.05) is 37.9 Å². The monoisotopic (exact) mass is 362 g/mol. The molecule has 23 heavy (non-hydrogen) atoms. The second-order valence-electron chi connectivity index (χ2n) is 5.69. The molecule has 0 aromatic heterocycles. The van der Waals surface area contributed by atoms with Crippen molar-refractivity contribution in [2.75, 3.05) is 33.2 Å². The van der Waals surface area contributed by atoms with Crippen LogP contribution in [0.15, 0.2) is 0 Å². The Bertz CT molecular complexity index is 300. The maximum absolute atomic E-state index is 9.87. The van der Waals surface area contributed by atoms with Crippen LogP contribution in [0.25, 0.3) is 0 Å². The van der Waals surface area contributed by atoms with Gasteiger partial charge in [0.2, 0.25) is 0 Å². The van der Waals surface area contributed by atoms with Crippen molar-refractivity contribution < 1.29 is 63.1 Å². The van der Waals surface area contributed by atoms with Crippen LogP contribution in [0.3, 0.4) is 0 Å². The van der Waals surface area contributed by atoms with E-state index in [0.29, 0.717) is 30.8 Å². The second kappa shape index (κ2) is 13.3. The molecule has 0 aromatic rings. The summed E-state index contributed by atoms with van der Waals surface area (Å²) in [6, 6.07) is 0. The van der Waals surface area contributed by atoms with E-state index in [-0.39, 0.29) is 54.0 Å². The maximum Gasteiger partial charge on any atom is 1.00 e. The van der Waals surface area contributed by atoms with Crippen molar-refractivity contribution in [3.05, 3.63) is 0 Å². The summed E-state index contributed by atoms with van der Waals surface area (Å²) in [6.07, 6.45) is -0.514. The van der Waals surface area contributed by atoms with Gasteiger partial charge in [0.1, 0.15) is 6.10 Å². The van der Waals surface area contributed by atoms with Gasteiger partial charge < -0.3 is 24.2 Å². The number of ether oxygens (including phenoxy) is 4. The second-order valence-corrected chi connectivity index (χ2v) is 6.39. The molecule has 1 heterocycles. The number of rotatable bonds is 10. The van der Waals surface area contributed by atoms with Gasteiger partial charge in [-0.3, -0.25) is 5.04 Å². The molecule has 0 aliphatic carbocycles. The molecule has 1 rings (SSSR count). The fourth-order valence-electron chi connectivity index (χ4n) is 2.55. The Kier molecular flexibility index (Phi) is 13.9. The summed E-state index contributed by atoms with van der Waals surface area (Å²) in [5, 5.41) is 13.2. The molecular weight excluding hydrogens is 335 g/mol. The first-order chi connectivity index (χ1) is 10.5. The van der Waals surface area contributed by atoms with Crippen LogP contribution in [-0.2, 0) is 28.3 Å². The van der Waals surface area contributed by atoms with Crippen molar-refractivity contribution in [1.82, 2.24) is 0 Å². The van der Waals surface area contributed by atoms with Gasteiger partial charge in [-0.2, -0.15) is 4.33 Å². The van der Waals surface area contributed by atoms with Crippen molar-refractivity contribution in [1.29, 1.82) is 0 Å². The van der Waals surface area contributed by atoms with E-state index < -0.39 is 0 Å². The Labute approximate surface area is 165 Å². The third kappa shape index (κ3) is 7.87. The molecule has 0 aromatic carbocycles. The average Bonchev–Trinajstić information content (AvgIpc) is 2.52.